The largest absolute Gasteiger partial charge is 0.505 e. The van der Waals surface area contributed by atoms with E-state index in [0.29, 0.717) is 5.56 Å². The number of benzene rings is 1. The molecule has 2 aromatic rings. The molecule has 140 valence electrons. The summed E-state index contributed by atoms with van der Waals surface area (Å²) in [5.41, 5.74) is 0.0982. The minimum atomic E-state index is -4.49. The number of phenolic OH excluding ortho intramolecular Hbond substituents is 1. The van der Waals surface area contributed by atoms with E-state index in [1.54, 1.807) is 0 Å². The number of rotatable bonds is 5. The third-order valence-electron chi connectivity index (χ3n) is 3.01. The van der Waals surface area contributed by atoms with Gasteiger partial charge in [-0.05, 0) is 17.7 Å². The molecule has 0 saturated carbocycles. The maximum Gasteiger partial charge on any atom is 0.422 e. The summed E-state index contributed by atoms with van der Waals surface area (Å²) in [5.74, 6) is -1.56. The van der Waals surface area contributed by atoms with Gasteiger partial charge in [0.15, 0.2) is 6.61 Å². The van der Waals surface area contributed by atoms with Gasteiger partial charge in [-0.15, -0.1) is 0 Å². The topological polar surface area (TPSA) is 71.5 Å². The molecule has 0 radical (unpaired) electrons. The molecule has 1 aromatic heterocycles. The van der Waals surface area contributed by atoms with Crippen molar-refractivity contribution in [2.75, 3.05) is 6.61 Å². The maximum atomic E-state index is 12.2. The molecule has 0 saturated heterocycles. The molecule has 1 amide bonds. The molecule has 0 fully saturated rings. The number of ether oxygens (including phenoxy) is 1. The first kappa shape index (κ1) is 20.4. The Morgan fingerprint density at radius 2 is 1.92 bits per heavy atom. The lowest BCUT2D eigenvalue weighted by Crippen LogP contribution is -2.23. The van der Waals surface area contributed by atoms with Gasteiger partial charge in [0.1, 0.15) is 11.3 Å². The standard InChI is InChI=1S/C15H10Cl3F3N2O3/c16-8-4-9(17)13(24)11(12(8)18)14(25)23-5-7-1-2-22-10(3-7)26-6-15(19,20)21/h1-4,24H,5-6H2,(H,23,25). The van der Waals surface area contributed by atoms with Gasteiger partial charge in [-0.1, -0.05) is 34.8 Å². The summed E-state index contributed by atoms with van der Waals surface area (Å²) in [5, 5.41) is 12.0. The normalized spacial score (nSPS) is 11.3. The van der Waals surface area contributed by atoms with E-state index in [1.165, 1.54) is 24.4 Å². The minimum Gasteiger partial charge on any atom is -0.505 e. The molecule has 1 aromatic carbocycles. The van der Waals surface area contributed by atoms with Crippen LogP contribution in [0.25, 0.3) is 0 Å². The van der Waals surface area contributed by atoms with E-state index in [-0.39, 0.29) is 33.1 Å². The van der Waals surface area contributed by atoms with Crippen molar-refractivity contribution >= 4 is 40.7 Å². The van der Waals surface area contributed by atoms with Crippen molar-refractivity contribution in [3.05, 3.63) is 50.6 Å². The molecule has 0 bridgehead atoms. The molecule has 1 heterocycles. The summed E-state index contributed by atoms with van der Waals surface area (Å²) in [7, 11) is 0. The molecule has 26 heavy (non-hydrogen) atoms. The Hall–Kier alpha value is -1.90. The number of nitrogens with zero attached hydrogens (tertiary/aromatic N) is 1. The number of carbonyl (C=O) groups is 1. The van der Waals surface area contributed by atoms with Crippen LogP contribution in [0, 0.1) is 0 Å². The second-order valence-electron chi connectivity index (χ2n) is 4.97. The lowest BCUT2D eigenvalue weighted by molar-refractivity contribution is -0.154. The summed E-state index contributed by atoms with van der Waals surface area (Å²) in [6.45, 7) is -1.58. The summed E-state index contributed by atoms with van der Waals surface area (Å²) in [4.78, 5) is 15.9. The molecule has 0 aliphatic carbocycles. The molecule has 11 heteroatoms. The van der Waals surface area contributed by atoms with Crippen molar-refractivity contribution < 1.29 is 27.8 Å². The van der Waals surface area contributed by atoms with Crippen molar-refractivity contribution in [2.45, 2.75) is 12.7 Å². The van der Waals surface area contributed by atoms with Gasteiger partial charge in [0.05, 0.1) is 15.1 Å². The highest BCUT2D eigenvalue weighted by atomic mass is 35.5. The number of nitrogens with one attached hydrogen (secondary N) is 1. The molecule has 0 atom stereocenters. The van der Waals surface area contributed by atoms with Crippen LogP contribution in [0.2, 0.25) is 15.1 Å². The lowest BCUT2D eigenvalue weighted by Gasteiger charge is -2.12. The predicted molar refractivity (Wildman–Crippen MR) is 90.1 cm³/mol. The highest BCUT2D eigenvalue weighted by Gasteiger charge is 2.28. The molecule has 0 unspecified atom stereocenters. The zero-order chi connectivity index (χ0) is 19.5. The van der Waals surface area contributed by atoms with Crippen molar-refractivity contribution in [3.8, 4) is 11.6 Å². The van der Waals surface area contributed by atoms with Crippen LogP contribution in [0.4, 0.5) is 13.2 Å². The number of hydrogen-bond acceptors (Lipinski definition) is 4. The second-order valence-corrected chi connectivity index (χ2v) is 6.16. The van der Waals surface area contributed by atoms with Crippen LogP contribution in [-0.2, 0) is 6.54 Å². The van der Waals surface area contributed by atoms with Gasteiger partial charge in [-0.3, -0.25) is 4.79 Å². The van der Waals surface area contributed by atoms with Crippen LogP contribution in [0.15, 0.2) is 24.4 Å². The van der Waals surface area contributed by atoms with Gasteiger partial charge in [0.2, 0.25) is 5.88 Å². The highest BCUT2D eigenvalue weighted by molar-refractivity contribution is 6.45. The zero-order valence-electron chi connectivity index (χ0n) is 12.7. The Morgan fingerprint density at radius 1 is 1.23 bits per heavy atom. The van der Waals surface area contributed by atoms with Crippen molar-refractivity contribution in [3.63, 3.8) is 0 Å². The molecular formula is C15H10Cl3F3N2O3. The number of phenols is 1. The third kappa shape index (κ3) is 5.30. The minimum absolute atomic E-state index is 0.0219. The van der Waals surface area contributed by atoms with Crippen LogP contribution in [0.3, 0.4) is 0 Å². The van der Waals surface area contributed by atoms with E-state index in [9.17, 15) is 23.1 Å². The molecule has 5 nitrogen and oxygen atoms in total. The van der Waals surface area contributed by atoms with Crippen LogP contribution >= 0.6 is 34.8 Å². The number of alkyl halides is 3. The fourth-order valence-electron chi connectivity index (χ4n) is 1.86. The number of pyridine rings is 1. The first-order valence-electron chi connectivity index (χ1n) is 6.87. The average molecular weight is 430 g/mol. The van der Waals surface area contributed by atoms with E-state index < -0.39 is 24.4 Å². The molecule has 2 rings (SSSR count). The summed E-state index contributed by atoms with van der Waals surface area (Å²) in [6, 6.07) is 3.89. The van der Waals surface area contributed by atoms with Crippen molar-refractivity contribution in [1.82, 2.24) is 10.3 Å². The number of aromatic hydroxyl groups is 1. The number of aromatic nitrogens is 1. The highest BCUT2D eigenvalue weighted by Crippen LogP contribution is 2.38. The number of amides is 1. The van der Waals surface area contributed by atoms with Crippen LogP contribution in [0.1, 0.15) is 15.9 Å². The van der Waals surface area contributed by atoms with E-state index in [0.717, 1.165) is 0 Å². The SMILES string of the molecule is O=C(NCc1ccnc(OCC(F)(F)F)c1)c1c(O)c(Cl)cc(Cl)c1Cl. The van der Waals surface area contributed by atoms with Gasteiger partial charge in [-0.25, -0.2) is 4.98 Å². The smallest absolute Gasteiger partial charge is 0.422 e. The summed E-state index contributed by atoms with van der Waals surface area (Å²) >= 11 is 17.5. The second kappa shape index (κ2) is 8.20. The summed E-state index contributed by atoms with van der Waals surface area (Å²) in [6.07, 6.45) is -3.26. The molecule has 0 aliphatic rings. The van der Waals surface area contributed by atoms with E-state index in [1.807, 2.05) is 0 Å². The van der Waals surface area contributed by atoms with Crippen LogP contribution in [-0.4, -0.2) is 28.8 Å². The van der Waals surface area contributed by atoms with Gasteiger partial charge in [0, 0.05) is 18.8 Å². The Labute approximate surface area is 160 Å². The molecule has 0 spiro atoms. The monoisotopic (exact) mass is 428 g/mol. The van der Waals surface area contributed by atoms with E-state index in [4.69, 9.17) is 34.8 Å². The first-order valence-corrected chi connectivity index (χ1v) is 8.01. The Morgan fingerprint density at radius 3 is 2.58 bits per heavy atom. The van der Waals surface area contributed by atoms with Crippen molar-refractivity contribution in [2.24, 2.45) is 0 Å². The van der Waals surface area contributed by atoms with Gasteiger partial charge in [0.25, 0.3) is 5.91 Å². The van der Waals surface area contributed by atoms with E-state index in [2.05, 4.69) is 15.0 Å². The Kier molecular flexibility index (Phi) is 6.44. The van der Waals surface area contributed by atoms with E-state index >= 15 is 0 Å². The fourth-order valence-corrected chi connectivity index (χ4v) is 2.55. The predicted octanol–water partition coefficient (Wildman–Crippen LogP) is 4.62. The third-order valence-corrected chi connectivity index (χ3v) is 4.08. The summed E-state index contributed by atoms with van der Waals surface area (Å²) < 4.78 is 41.0. The number of halogens is 6. The lowest BCUT2D eigenvalue weighted by atomic mass is 10.1. The van der Waals surface area contributed by atoms with Crippen LogP contribution in [0.5, 0.6) is 11.6 Å². The average Bonchev–Trinajstić information content (AvgIpc) is 2.56. The quantitative estimate of drug-likeness (QED) is 0.681. The van der Waals surface area contributed by atoms with Crippen molar-refractivity contribution in [1.29, 1.82) is 0 Å². The Balaban J connectivity index is 2.09. The fraction of sp³-hybridized carbons (Fsp3) is 0.200. The molecule has 0 aliphatic heterocycles. The molecule has 2 N–H and O–H groups in total. The number of carbonyl (C=O) groups excluding carboxylic acids is 1. The van der Waals surface area contributed by atoms with Gasteiger partial charge >= 0.3 is 6.18 Å². The number of hydrogen-bond donors (Lipinski definition) is 2. The first-order chi connectivity index (χ1) is 12.1. The molecular weight excluding hydrogens is 420 g/mol. The zero-order valence-corrected chi connectivity index (χ0v) is 15.0. The van der Waals surface area contributed by atoms with Crippen LogP contribution < -0.4 is 10.1 Å². The maximum absolute atomic E-state index is 12.2. The van der Waals surface area contributed by atoms with Gasteiger partial charge < -0.3 is 15.2 Å². The van der Waals surface area contributed by atoms with Gasteiger partial charge in [-0.2, -0.15) is 13.2 Å². The Bertz CT molecular complexity index is 806.